The first kappa shape index (κ1) is 22.4. The van der Waals surface area contributed by atoms with Gasteiger partial charge in [0.05, 0.1) is 13.2 Å². The number of carbonyl (C=O) groups excluding carboxylic acids is 2. The Morgan fingerprint density at radius 3 is 2.18 bits per heavy atom. The van der Waals surface area contributed by atoms with Crippen LogP contribution in [0.5, 0.6) is 11.5 Å². The third-order valence-corrected chi connectivity index (χ3v) is 5.31. The maximum absolute atomic E-state index is 12.7. The van der Waals surface area contributed by atoms with E-state index in [0.29, 0.717) is 40.6 Å². The van der Waals surface area contributed by atoms with Crippen LogP contribution in [0, 0.1) is 0 Å². The highest BCUT2D eigenvalue weighted by Crippen LogP contribution is 2.19. The summed E-state index contributed by atoms with van der Waals surface area (Å²) in [6.07, 6.45) is 2.16. The predicted octanol–water partition coefficient (Wildman–Crippen LogP) is 4.76. The first-order chi connectivity index (χ1) is 16.1. The average Bonchev–Trinajstić information content (AvgIpc) is 3.37. The molecule has 1 saturated heterocycles. The fourth-order valence-electron chi connectivity index (χ4n) is 3.48. The molecule has 4 rings (SSSR count). The van der Waals surface area contributed by atoms with Crippen LogP contribution in [0.25, 0.3) is 0 Å². The zero-order valence-electron chi connectivity index (χ0n) is 18.4. The van der Waals surface area contributed by atoms with Crippen molar-refractivity contribution in [2.24, 2.45) is 0 Å². The molecule has 1 aliphatic heterocycles. The molecule has 0 aliphatic carbocycles. The molecule has 1 heterocycles. The topological polar surface area (TPSA) is 85.9 Å². The van der Waals surface area contributed by atoms with E-state index in [1.165, 1.54) is 0 Å². The first-order valence-corrected chi connectivity index (χ1v) is 10.8. The molecular formula is C26H26N2O5. The monoisotopic (exact) mass is 446 g/mol. The molecular weight excluding hydrogens is 420 g/mol. The van der Waals surface area contributed by atoms with Gasteiger partial charge in [0.15, 0.2) is 0 Å². The molecule has 0 spiro atoms. The summed E-state index contributed by atoms with van der Waals surface area (Å²) in [5.41, 5.74) is 2.22. The molecule has 170 valence electrons. The smallest absolute Gasteiger partial charge is 0.255 e. The van der Waals surface area contributed by atoms with Crippen molar-refractivity contribution in [2.75, 3.05) is 31.0 Å². The quantitative estimate of drug-likeness (QED) is 0.521. The molecule has 0 saturated carbocycles. The molecule has 2 amide bonds. The van der Waals surface area contributed by atoms with Crippen LogP contribution in [0.1, 0.15) is 33.6 Å². The largest absolute Gasteiger partial charge is 0.497 e. The molecule has 3 aromatic rings. The summed E-state index contributed by atoms with van der Waals surface area (Å²) >= 11 is 0. The lowest BCUT2D eigenvalue weighted by molar-refractivity contribution is 0.0679. The zero-order chi connectivity index (χ0) is 23.0. The minimum atomic E-state index is -0.256. The Labute approximate surface area is 192 Å². The summed E-state index contributed by atoms with van der Waals surface area (Å²) in [6.45, 7) is 1.25. The van der Waals surface area contributed by atoms with E-state index in [-0.39, 0.29) is 17.9 Å². The fraction of sp³-hybridized carbons (Fsp3) is 0.231. The lowest BCUT2D eigenvalue weighted by Gasteiger charge is -2.12. The number of hydrogen-bond donors (Lipinski definition) is 2. The number of nitrogens with one attached hydrogen (secondary N) is 2. The van der Waals surface area contributed by atoms with Crippen LogP contribution in [0.15, 0.2) is 72.8 Å². The zero-order valence-corrected chi connectivity index (χ0v) is 18.4. The van der Waals surface area contributed by atoms with Crippen molar-refractivity contribution < 1.29 is 23.8 Å². The Balaban J connectivity index is 1.32. The molecule has 1 unspecified atom stereocenters. The SMILES string of the molecule is COc1ccc(NC(=O)c2ccc(NC(=O)c3cccc(OCC4CCCO4)c3)cc2)cc1. The van der Waals surface area contributed by atoms with Gasteiger partial charge in [0.25, 0.3) is 11.8 Å². The maximum Gasteiger partial charge on any atom is 0.255 e. The Kier molecular flexibility index (Phi) is 7.22. The minimum Gasteiger partial charge on any atom is -0.497 e. The van der Waals surface area contributed by atoms with Crippen LogP contribution in [0.2, 0.25) is 0 Å². The average molecular weight is 447 g/mol. The van der Waals surface area contributed by atoms with Crippen molar-refractivity contribution >= 4 is 23.2 Å². The number of rotatable bonds is 8. The standard InChI is InChI=1S/C26H26N2O5/c1-31-22-13-11-21(12-14-22)27-25(29)18-7-9-20(10-8-18)28-26(30)19-4-2-5-23(16-19)33-17-24-6-3-15-32-24/h2,4-5,7-14,16,24H,3,6,15,17H2,1H3,(H,27,29)(H,28,30). The highest BCUT2D eigenvalue weighted by atomic mass is 16.5. The second-order valence-corrected chi connectivity index (χ2v) is 7.69. The molecule has 33 heavy (non-hydrogen) atoms. The number of anilines is 2. The summed E-state index contributed by atoms with van der Waals surface area (Å²) in [7, 11) is 1.59. The van der Waals surface area contributed by atoms with Crippen molar-refractivity contribution in [2.45, 2.75) is 18.9 Å². The van der Waals surface area contributed by atoms with Crippen LogP contribution in [-0.4, -0.2) is 38.2 Å². The molecule has 1 fully saturated rings. The van der Waals surface area contributed by atoms with Gasteiger partial charge in [-0.25, -0.2) is 0 Å². The van der Waals surface area contributed by atoms with E-state index in [0.717, 1.165) is 19.4 Å². The molecule has 0 bridgehead atoms. The van der Waals surface area contributed by atoms with Gasteiger partial charge in [-0.2, -0.15) is 0 Å². The molecule has 2 N–H and O–H groups in total. The Bertz CT molecular complexity index is 1090. The van der Waals surface area contributed by atoms with E-state index in [9.17, 15) is 9.59 Å². The van der Waals surface area contributed by atoms with Gasteiger partial charge >= 0.3 is 0 Å². The number of benzene rings is 3. The number of hydrogen-bond acceptors (Lipinski definition) is 5. The van der Waals surface area contributed by atoms with Crippen molar-refractivity contribution in [3.8, 4) is 11.5 Å². The van der Waals surface area contributed by atoms with Crippen LogP contribution >= 0.6 is 0 Å². The number of carbonyl (C=O) groups is 2. The Hall–Kier alpha value is -3.84. The first-order valence-electron chi connectivity index (χ1n) is 10.8. The van der Waals surface area contributed by atoms with E-state index < -0.39 is 0 Å². The molecule has 0 radical (unpaired) electrons. The van der Waals surface area contributed by atoms with E-state index in [1.54, 1.807) is 73.8 Å². The van der Waals surface area contributed by atoms with Crippen LogP contribution in [-0.2, 0) is 4.74 Å². The van der Waals surface area contributed by atoms with Crippen LogP contribution < -0.4 is 20.1 Å². The van der Waals surface area contributed by atoms with E-state index in [4.69, 9.17) is 14.2 Å². The maximum atomic E-state index is 12.7. The summed E-state index contributed by atoms with van der Waals surface area (Å²) in [5.74, 6) is 0.846. The molecule has 1 atom stereocenters. The van der Waals surface area contributed by atoms with Gasteiger partial charge < -0.3 is 24.8 Å². The van der Waals surface area contributed by atoms with Gasteiger partial charge in [0.1, 0.15) is 18.1 Å². The fourth-order valence-corrected chi connectivity index (χ4v) is 3.48. The summed E-state index contributed by atoms with van der Waals surface area (Å²) < 4.78 is 16.5. The van der Waals surface area contributed by atoms with Crippen LogP contribution in [0.3, 0.4) is 0 Å². The van der Waals surface area contributed by atoms with E-state index in [1.807, 2.05) is 6.07 Å². The Morgan fingerprint density at radius 1 is 0.879 bits per heavy atom. The molecule has 3 aromatic carbocycles. The van der Waals surface area contributed by atoms with Gasteiger partial charge in [0.2, 0.25) is 0 Å². The van der Waals surface area contributed by atoms with Gasteiger partial charge in [-0.05, 0) is 79.6 Å². The van der Waals surface area contributed by atoms with Crippen molar-refractivity contribution in [3.05, 3.63) is 83.9 Å². The molecule has 1 aliphatic rings. The second kappa shape index (κ2) is 10.7. The highest BCUT2D eigenvalue weighted by molar-refractivity contribution is 6.06. The second-order valence-electron chi connectivity index (χ2n) is 7.69. The molecule has 0 aromatic heterocycles. The third kappa shape index (κ3) is 6.11. The van der Waals surface area contributed by atoms with Gasteiger partial charge in [-0.3, -0.25) is 9.59 Å². The van der Waals surface area contributed by atoms with E-state index in [2.05, 4.69) is 10.6 Å². The number of amides is 2. The lowest BCUT2D eigenvalue weighted by Crippen LogP contribution is -2.17. The van der Waals surface area contributed by atoms with Gasteiger partial charge in [0, 0.05) is 29.1 Å². The van der Waals surface area contributed by atoms with Gasteiger partial charge in [-0.15, -0.1) is 0 Å². The summed E-state index contributed by atoms with van der Waals surface area (Å²) in [5, 5.41) is 5.68. The van der Waals surface area contributed by atoms with E-state index >= 15 is 0 Å². The Morgan fingerprint density at radius 2 is 1.55 bits per heavy atom. The minimum absolute atomic E-state index is 0.114. The highest BCUT2D eigenvalue weighted by Gasteiger charge is 2.16. The van der Waals surface area contributed by atoms with Crippen molar-refractivity contribution in [3.63, 3.8) is 0 Å². The normalized spacial score (nSPS) is 15.0. The van der Waals surface area contributed by atoms with Crippen molar-refractivity contribution in [1.29, 1.82) is 0 Å². The lowest BCUT2D eigenvalue weighted by atomic mass is 10.1. The third-order valence-electron chi connectivity index (χ3n) is 5.31. The van der Waals surface area contributed by atoms with Gasteiger partial charge in [-0.1, -0.05) is 6.07 Å². The molecule has 7 heteroatoms. The van der Waals surface area contributed by atoms with Crippen molar-refractivity contribution in [1.82, 2.24) is 0 Å². The summed E-state index contributed by atoms with van der Waals surface area (Å²) in [6, 6.07) is 20.8. The number of ether oxygens (including phenoxy) is 3. The summed E-state index contributed by atoms with van der Waals surface area (Å²) in [4.78, 5) is 25.1. The molecule has 7 nitrogen and oxygen atoms in total. The van der Waals surface area contributed by atoms with Crippen LogP contribution in [0.4, 0.5) is 11.4 Å². The predicted molar refractivity (Wildman–Crippen MR) is 126 cm³/mol. The number of methoxy groups -OCH3 is 1.